The van der Waals surface area contributed by atoms with Gasteiger partial charge in [0.25, 0.3) is 0 Å². The number of rotatable bonds is 4. The summed E-state index contributed by atoms with van der Waals surface area (Å²) in [6, 6.07) is 3.74. The molecule has 2 amide bonds. The Morgan fingerprint density at radius 1 is 1.50 bits per heavy atom. The van der Waals surface area contributed by atoms with Crippen LogP contribution in [0.5, 0.6) is 0 Å². The molecule has 1 unspecified atom stereocenters. The second-order valence-electron chi connectivity index (χ2n) is 5.94. The number of pyridine rings is 1. The van der Waals surface area contributed by atoms with Gasteiger partial charge in [-0.15, -0.1) is 0 Å². The first kappa shape index (κ1) is 14.8. The SMILES string of the molecule is CN(Cc1ccncc1)C(=O)NCC1CCC(C)(C)O1. The number of urea groups is 1. The molecule has 1 aromatic rings. The molecular weight excluding hydrogens is 254 g/mol. The van der Waals surface area contributed by atoms with Crippen molar-refractivity contribution in [3.8, 4) is 0 Å². The normalized spacial score (nSPS) is 20.6. The van der Waals surface area contributed by atoms with Crippen LogP contribution in [0.15, 0.2) is 24.5 Å². The summed E-state index contributed by atoms with van der Waals surface area (Å²) in [5, 5.41) is 2.93. The average Bonchev–Trinajstić information content (AvgIpc) is 2.76. The van der Waals surface area contributed by atoms with Crippen LogP contribution in [-0.4, -0.2) is 41.2 Å². The first-order chi connectivity index (χ1) is 9.46. The average molecular weight is 277 g/mol. The number of aromatic nitrogens is 1. The summed E-state index contributed by atoms with van der Waals surface area (Å²) in [6.07, 6.45) is 5.63. The number of ether oxygens (including phenoxy) is 1. The lowest BCUT2D eigenvalue weighted by Gasteiger charge is -2.21. The Morgan fingerprint density at radius 2 is 2.20 bits per heavy atom. The molecule has 1 aromatic heterocycles. The highest BCUT2D eigenvalue weighted by molar-refractivity contribution is 5.73. The van der Waals surface area contributed by atoms with Crippen LogP contribution in [0.1, 0.15) is 32.3 Å². The van der Waals surface area contributed by atoms with E-state index in [0.717, 1.165) is 18.4 Å². The van der Waals surface area contributed by atoms with Crippen molar-refractivity contribution < 1.29 is 9.53 Å². The third-order valence-corrected chi connectivity index (χ3v) is 3.55. The quantitative estimate of drug-likeness (QED) is 0.917. The molecule has 1 aliphatic heterocycles. The van der Waals surface area contributed by atoms with Gasteiger partial charge in [0.05, 0.1) is 11.7 Å². The van der Waals surface area contributed by atoms with E-state index >= 15 is 0 Å². The van der Waals surface area contributed by atoms with Gasteiger partial charge in [-0.3, -0.25) is 4.98 Å². The largest absolute Gasteiger partial charge is 0.371 e. The van der Waals surface area contributed by atoms with Gasteiger partial charge in [0, 0.05) is 32.5 Å². The van der Waals surface area contributed by atoms with Gasteiger partial charge in [0.15, 0.2) is 0 Å². The summed E-state index contributed by atoms with van der Waals surface area (Å²) in [7, 11) is 1.79. The molecule has 2 heterocycles. The molecule has 0 aromatic carbocycles. The van der Waals surface area contributed by atoms with Crippen LogP contribution in [0.25, 0.3) is 0 Å². The van der Waals surface area contributed by atoms with Crippen LogP contribution in [0.2, 0.25) is 0 Å². The van der Waals surface area contributed by atoms with Crippen molar-refractivity contribution in [2.45, 2.75) is 44.9 Å². The molecule has 1 aliphatic rings. The number of carbonyl (C=O) groups is 1. The maximum Gasteiger partial charge on any atom is 0.317 e. The summed E-state index contributed by atoms with van der Waals surface area (Å²) < 4.78 is 5.86. The zero-order valence-corrected chi connectivity index (χ0v) is 12.4. The van der Waals surface area contributed by atoms with Gasteiger partial charge in [-0.1, -0.05) is 0 Å². The Labute approximate surface area is 120 Å². The number of amides is 2. The molecule has 5 nitrogen and oxygen atoms in total. The van der Waals surface area contributed by atoms with Gasteiger partial charge in [-0.05, 0) is 44.4 Å². The summed E-state index contributed by atoms with van der Waals surface area (Å²) in [5.41, 5.74) is 1.01. The second kappa shape index (κ2) is 6.22. The topological polar surface area (TPSA) is 54.5 Å². The van der Waals surface area contributed by atoms with Crippen LogP contribution in [0.3, 0.4) is 0 Å². The molecule has 1 atom stereocenters. The first-order valence-corrected chi connectivity index (χ1v) is 7.02. The van der Waals surface area contributed by atoms with E-state index in [1.807, 2.05) is 12.1 Å². The van der Waals surface area contributed by atoms with Gasteiger partial charge < -0.3 is 15.0 Å². The first-order valence-electron chi connectivity index (χ1n) is 7.02. The third kappa shape index (κ3) is 4.20. The number of carbonyl (C=O) groups excluding carboxylic acids is 1. The van der Waals surface area contributed by atoms with E-state index in [-0.39, 0.29) is 17.7 Å². The van der Waals surface area contributed by atoms with Crippen LogP contribution >= 0.6 is 0 Å². The number of hydrogen-bond acceptors (Lipinski definition) is 3. The molecule has 0 spiro atoms. The van der Waals surface area contributed by atoms with E-state index < -0.39 is 0 Å². The van der Waals surface area contributed by atoms with E-state index in [0.29, 0.717) is 13.1 Å². The molecule has 0 radical (unpaired) electrons. The highest BCUT2D eigenvalue weighted by Crippen LogP contribution is 2.28. The predicted octanol–water partition coefficient (Wildman–Crippen LogP) is 2.18. The molecule has 110 valence electrons. The van der Waals surface area contributed by atoms with Crippen molar-refractivity contribution in [3.63, 3.8) is 0 Å². The Kier molecular flexibility index (Phi) is 4.60. The lowest BCUT2D eigenvalue weighted by molar-refractivity contribution is -0.0135. The minimum Gasteiger partial charge on any atom is -0.371 e. The Bertz CT molecular complexity index is 448. The summed E-state index contributed by atoms with van der Waals surface area (Å²) in [4.78, 5) is 17.6. The highest BCUT2D eigenvalue weighted by atomic mass is 16.5. The molecule has 5 heteroatoms. The van der Waals surface area contributed by atoms with Crippen molar-refractivity contribution >= 4 is 6.03 Å². The van der Waals surface area contributed by atoms with Gasteiger partial charge >= 0.3 is 6.03 Å². The standard InChI is InChI=1S/C15H23N3O2/c1-15(2)7-4-13(20-15)10-17-14(19)18(3)11-12-5-8-16-9-6-12/h5-6,8-9,13H,4,7,10-11H2,1-3H3,(H,17,19). The Morgan fingerprint density at radius 3 is 2.80 bits per heavy atom. The maximum absolute atomic E-state index is 12.0. The minimum absolute atomic E-state index is 0.0572. The van der Waals surface area contributed by atoms with Crippen LogP contribution in [-0.2, 0) is 11.3 Å². The molecule has 20 heavy (non-hydrogen) atoms. The monoisotopic (exact) mass is 277 g/mol. The van der Waals surface area contributed by atoms with Crippen LogP contribution in [0.4, 0.5) is 4.79 Å². The molecule has 0 saturated carbocycles. The third-order valence-electron chi connectivity index (χ3n) is 3.55. The van der Waals surface area contributed by atoms with Gasteiger partial charge in [0.2, 0.25) is 0 Å². The smallest absolute Gasteiger partial charge is 0.317 e. The van der Waals surface area contributed by atoms with Crippen molar-refractivity contribution in [1.82, 2.24) is 15.2 Å². The molecule has 0 bridgehead atoms. The fourth-order valence-corrected chi connectivity index (χ4v) is 2.39. The zero-order valence-electron chi connectivity index (χ0n) is 12.4. The van der Waals surface area contributed by atoms with Crippen molar-refractivity contribution in [3.05, 3.63) is 30.1 Å². The van der Waals surface area contributed by atoms with Crippen LogP contribution < -0.4 is 5.32 Å². The lowest BCUT2D eigenvalue weighted by Crippen LogP contribution is -2.40. The summed E-state index contributed by atoms with van der Waals surface area (Å²) >= 11 is 0. The highest BCUT2D eigenvalue weighted by Gasteiger charge is 2.31. The van der Waals surface area contributed by atoms with Gasteiger partial charge in [0.1, 0.15) is 0 Å². The maximum atomic E-state index is 12.0. The van der Waals surface area contributed by atoms with Gasteiger partial charge in [-0.2, -0.15) is 0 Å². The number of nitrogens with one attached hydrogen (secondary N) is 1. The fourth-order valence-electron chi connectivity index (χ4n) is 2.39. The molecule has 1 N–H and O–H groups in total. The van der Waals surface area contributed by atoms with E-state index in [4.69, 9.17) is 4.74 Å². The molecule has 1 fully saturated rings. The van der Waals surface area contributed by atoms with Crippen molar-refractivity contribution in [2.75, 3.05) is 13.6 Å². The lowest BCUT2D eigenvalue weighted by atomic mass is 10.1. The molecule has 0 aliphatic carbocycles. The number of nitrogens with zero attached hydrogens (tertiary/aromatic N) is 2. The molecular formula is C15H23N3O2. The summed E-state index contributed by atoms with van der Waals surface area (Å²) in [6.45, 7) is 5.32. The van der Waals surface area contributed by atoms with Crippen LogP contribution in [0, 0.1) is 0 Å². The Hall–Kier alpha value is -1.62. The van der Waals surface area contributed by atoms with E-state index in [2.05, 4.69) is 24.1 Å². The van der Waals surface area contributed by atoms with Gasteiger partial charge in [-0.25, -0.2) is 4.79 Å². The summed E-state index contributed by atoms with van der Waals surface area (Å²) in [5.74, 6) is 0. The molecule has 2 rings (SSSR count). The number of hydrogen-bond donors (Lipinski definition) is 1. The zero-order chi connectivity index (χ0) is 14.6. The van der Waals surface area contributed by atoms with Crippen molar-refractivity contribution in [2.24, 2.45) is 0 Å². The van der Waals surface area contributed by atoms with E-state index in [1.54, 1.807) is 24.3 Å². The van der Waals surface area contributed by atoms with E-state index in [1.165, 1.54) is 0 Å². The Balaban J connectivity index is 1.75. The predicted molar refractivity (Wildman–Crippen MR) is 77.3 cm³/mol. The molecule has 1 saturated heterocycles. The second-order valence-corrected chi connectivity index (χ2v) is 5.94. The van der Waals surface area contributed by atoms with Crippen molar-refractivity contribution in [1.29, 1.82) is 0 Å². The minimum atomic E-state index is -0.0740. The fraction of sp³-hybridized carbons (Fsp3) is 0.600. The van der Waals surface area contributed by atoms with E-state index in [9.17, 15) is 4.79 Å².